The molecule has 0 aliphatic rings. The second-order valence-electron chi connectivity index (χ2n) is 4.51. The first kappa shape index (κ1) is 11.0. The van der Waals surface area contributed by atoms with E-state index in [1.807, 2.05) is 0 Å². The Morgan fingerprint density at radius 3 is 2.00 bits per heavy atom. The SMILES string of the molecule is CCCC(C)(C)[C@H](N)C(C)C. The smallest absolute Gasteiger partial charge is 0.0113 e. The molecule has 0 amide bonds. The molecule has 0 aliphatic carbocycles. The molecule has 68 valence electrons. The van der Waals surface area contributed by atoms with Gasteiger partial charge in [-0.05, 0) is 17.8 Å². The van der Waals surface area contributed by atoms with Gasteiger partial charge >= 0.3 is 0 Å². The van der Waals surface area contributed by atoms with Gasteiger partial charge in [0, 0.05) is 6.04 Å². The topological polar surface area (TPSA) is 26.0 Å². The van der Waals surface area contributed by atoms with Crippen molar-refractivity contribution in [1.29, 1.82) is 0 Å². The van der Waals surface area contributed by atoms with Crippen molar-refractivity contribution < 1.29 is 0 Å². The second kappa shape index (κ2) is 4.10. The molecule has 0 saturated heterocycles. The molecular formula is C10H23N. The average Bonchev–Trinajstić information content (AvgIpc) is 1.86. The van der Waals surface area contributed by atoms with Crippen molar-refractivity contribution in [2.75, 3.05) is 0 Å². The number of hydrogen-bond acceptors (Lipinski definition) is 1. The van der Waals surface area contributed by atoms with E-state index in [1.54, 1.807) is 0 Å². The fraction of sp³-hybridized carbons (Fsp3) is 1.00. The molecule has 0 unspecified atom stereocenters. The Morgan fingerprint density at radius 2 is 1.73 bits per heavy atom. The largest absolute Gasteiger partial charge is 0.327 e. The maximum absolute atomic E-state index is 6.08. The Hall–Kier alpha value is -0.0400. The van der Waals surface area contributed by atoms with E-state index in [9.17, 15) is 0 Å². The molecule has 0 saturated carbocycles. The quantitative estimate of drug-likeness (QED) is 0.667. The van der Waals surface area contributed by atoms with Crippen LogP contribution in [-0.2, 0) is 0 Å². The third-order valence-corrected chi connectivity index (χ3v) is 2.51. The number of rotatable bonds is 4. The van der Waals surface area contributed by atoms with Crippen LogP contribution in [0.2, 0.25) is 0 Å². The van der Waals surface area contributed by atoms with Gasteiger partial charge in [-0.1, -0.05) is 41.0 Å². The first-order chi connectivity index (χ1) is 4.91. The molecule has 2 N–H and O–H groups in total. The lowest BCUT2D eigenvalue weighted by Gasteiger charge is -2.34. The van der Waals surface area contributed by atoms with Crippen molar-refractivity contribution in [2.24, 2.45) is 17.1 Å². The zero-order chi connectivity index (χ0) is 9.07. The number of hydrogen-bond donors (Lipinski definition) is 1. The highest BCUT2D eigenvalue weighted by atomic mass is 14.7. The van der Waals surface area contributed by atoms with Gasteiger partial charge in [0.05, 0.1) is 0 Å². The minimum absolute atomic E-state index is 0.308. The molecule has 1 atom stereocenters. The molecule has 11 heavy (non-hydrogen) atoms. The molecule has 1 heteroatoms. The first-order valence-electron chi connectivity index (χ1n) is 4.67. The van der Waals surface area contributed by atoms with Crippen molar-refractivity contribution in [3.63, 3.8) is 0 Å². The minimum Gasteiger partial charge on any atom is -0.327 e. The van der Waals surface area contributed by atoms with E-state index in [-0.39, 0.29) is 0 Å². The average molecular weight is 157 g/mol. The molecule has 0 aromatic rings. The lowest BCUT2D eigenvalue weighted by atomic mass is 9.76. The summed E-state index contributed by atoms with van der Waals surface area (Å²) in [7, 11) is 0. The van der Waals surface area contributed by atoms with Crippen LogP contribution in [0.5, 0.6) is 0 Å². The van der Waals surface area contributed by atoms with Gasteiger partial charge in [-0.15, -0.1) is 0 Å². The molecule has 0 rings (SSSR count). The van der Waals surface area contributed by atoms with Gasteiger partial charge in [0.15, 0.2) is 0 Å². The highest BCUT2D eigenvalue weighted by molar-refractivity contribution is 4.82. The maximum atomic E-state index is 6.08. The molecule has 0 fully saturated rings. The summed E-state index contributed by atoms with van der Waals surface area (Å²) in [5.74, 6) is 0.594. The Bertz CT molecular complexity index is 105. The number of nitrogens with two attached hydrogens (primary N) is 1. The lowest BCUT2D eigenvalue weighted by Crippen LogP contribution is -2.41. The van der Waals surface area contributed by atoms with Crippen LogP contribution in [0.25, 0.3) is 0 Å². The monoisotopic (exact) mass is 157 g/mol. The Labute approximate surface area is 71.4 Å². The van der Waals surface area contributed by atoms with Crippen LogP contribution >= 0.6 is 0 Å². The minimum atomic E-state index is 0.308. The van der Waals surface area contributed by atoms with Crippen molar-refractivity contribution in [3.8, 4) is 0 Å². The van der Waals surface area contributed by atoms with E-state index in [0.29, 0.717) is 17.4 Å². The van der Waals surface area contributed by atoms with Crippen LogP contribution in [0.3, 0.4) is 0 Å². The highest BCUT2D eigenvalue weighted by Crippen LogP contribution is 2.29. The van der Waals surface area contributed by atoms with E-state index < -0.39 is 0 Å². The summed E-state index contributed by atoms with van der Waals surface area (Å²) in [5, 5.41) is 0. The van der Waals surface area contributed by atoms with Crippen LogP contribution in [0.1, 0.15) is 47.5 Å². The van der Waals surface area contributed by atoms with Crippen LogP contribution < -0.4 is 5.73 Å². The van der Waals surface area contributed by atoms with Crippen molar-refractivity contribution >= 4 is 0 Å². The van der Waals surface area contributed by atoms with E-state index in [4.69, 9.17) is 5.73 Å². The summed E-state index contributed by atoms with van der Waals surface area (Å²) in [5.41, 5.74) is 6.39. The molecule has 0 spiro atoms. The van der Waals surface area contributed by atoms with Gasteiger partial charge in [0.2, 0.25) is 0 Å². The highest BCUT2D eigenvalue weighted by Gasteiger charge is 2.27. The predicted octanol–water partition coefficient (Wildman–Crippen LogP) is 2.80. The van der Waals surface area contributed by atoms with Crippen LogP contribution in [0.4, 0.5) is 0 Å². The zero-order valence-electron chi connectivity index (χ0n) is 8.65. The third-order valence-electron chi connectivity index (χ3n) is 2.51. The lowest BCUT2D eigenvalue weighted by molar-refractivity contribution is 0.214. The summed E-state index contributed by atoms with van der Waals surface area (Å²) in [6, 6.07) is 0.336. The normalized spacial score (nSPS) is 15.5. The first-order valence-corrected chi connectivity index (χ1v) is 4.67. The van der Waals surface area contributed by atoms with Crippen molar-refractivity contribution in [1.82, 2.24) is 0 Å². The molecule has 0 aromatic heterocycles. The molecule has 1 nitrogen and oxygen atoms in total. The summed E-state index contributed by atoms with van der Waals surface area (Å²) >= 11 is 0. The summed E-state index contributed by atoms with van der Waals surface area (Å²) in [4.78, 5) is 0. The molecular weight excluding hydrogens is 134 g/mol. The molecule has 0 radical (unpaired) electrons. The Kier molecular flexibility index (Phi) is 4.09. The Balaban J connectivity index is 4.05. The van der Waals surface area contributed by atoms with Gasteiger partial charge in [0.1, 0.15) is 0 Å². The van der Waals surface area contributed by atoms with E-state index in [2.05, 4.69) is 34.6 Å². The van der Waals surface area contributed by atoms with Gasteiger partial charge in [0.25, 0.3) is 0 Å². The molecule has 0 aromatic carbocycles. The third kappa shape index (κ3) is 3.24. The standard InChI is InChI=1S/C10H23N/c1-6-7-10(4,5)9(11)8(2)3/h8-9H,6-7,11H2,1-5H3/t9-/m1/s1. The van der Waals surface area contributed by atoms with E-state index in [1.165, 1.54) is 12.8 Å². The maximum Gasteiger partial charge on any atom is 0.0113 e. The molecule has 0 heterocycles. The summed E-state index contributed by atoms with van der Waals surface area (Å²) in [6.45, 7) is 11.1. The Morgan fingerprint density at radius 1 is 1.27 bits per heavy atom. The summed E-state index contributed by atoms with van der Waals surface area (Å²) < 4.78 is 0. The van der Waals surface area contributed by atoms with E-state index in [0.717, 1.165) is 0 Å². The van der Waals surface area contributed by atoms with Gasteiger partial charge in [-0.2, -0.15) is 0 Å². The van der Waals surface area contributed by atoms with Crippen molar-refractivity contribution in [3.05, 3.63) is 0 Å². The second-order valence-corrected chi connectivity index (χ2v) is 4.51. The fourth-order valence-electron chi connectivity index (χ4n) is 1.71. The predicted molar refractivity (Wildman–Crippen MR) is 51.5 cm³/mol. The van der Waals surface area contributed by atoms with Crippen LogP contribution in [0.15, 0.2) is 0 Å². The zero-order valence-corrected chi connectivity index (χ0v) is 8.65. The van der Waals surface area contributed by atoms with E-state index >= 15 is 0 Å². The van der Waals surface area contributed by atoms with Gasteiger partial charge in [-0.3, -0.25) is 0 Å². The summed E-state index contributed by atoms with van der Waals surface area (Å²) in [6.07, 6.45) is 2.46. The van der Waals surface area contributed by atoms with Crippen LogP contribution in [-0.4, -0.2) is 6.04 Å². The fourth-order valence-corrected chi connectivity index (χ4v) is 1.71. The van der Waals surface area contributed by atoms with Crippen molar-refractivity contribution in [2.45, 2.75) is 53.5 Å². The van der Waals surface area contributed by atoms with Gasteiger partial charge < -0.3 is 5.73 Å². The molecule has 0 bridgehead atoms. The van der Waals surface area contributed by atoms with Crippen LogP contribution in [0, 0.1) is 11.3 Å². The van der Waals surface area contributed by atoms with Gasteiger partial charge in [-0.25, -0.2) is 0 Å². The molecule has 0 aliphatic heterocycles.